The number of benzene rings is 2. The van der Waals surface area contributed by atoms with Gasteiger partial charge in [-0.25, -0.2) is 0 Å². The van der Waals surface area contributed by atoms with Gasteiger partial charge in [-0.1, -0.05) is 48.5 Å². The Morgan fingerprint density at radius 3 is 2.40 bits per heavy atom. The molecule has 2 aromatic carbocycles. The zero-order valence-corrected chi connectivity index (χ0v) is 13.7. The first-order valence-corrected chi connectivity index (χ1v) is 8.09. The van der Waals surface area contributed by atoms with Crippen LogP contribution in [0.25, 0.3) is 0 Å². The van der Waals surface area contributed by atoms with Gasteiger partial charge < -0.3 is 5.32 Å². The van der Waals surface area contributed by atoms with Gasteiger partial charge in [-0.05, 0) is 24.2 Å². The molecule has 5 nitrogen and oxygen atoms in total. The van der Waals surface area contributed by atoms with Crippen molar-refractivity contribution < 1.29 is 4.79 Å². The van der Waals surface area contributed by atoms with E-state index < -0.39 is 16.9 Å². The highest BCUT2D eigenvalue weighted by Crippen LogP contribution is 2.60. The molecule has 1 spiro atoms. The molecule has 2 aliphatic heterocycles. The fourth-order valence-electron chi connectivity index (χ4n) is 4.50. The fourth-order valence-corrected chi connectivity index (χ4v) is 4.50. The number of para-hydroxylation sites is 1. The minimum absolute atomic E-state index is 0.276. The van der Waals surface area contributed by atoms with Gasteiger partial charge in [0, 0.05) is 12.2 Å². The monoisotopic (exact) mass is 328 g/mol. The third-order valence-electron chi connectivity index (χ3n) is 5.50. The van der Waals surface area contributed by atoms with Crippen LogP contribution in [0.5, 0.6) is 0 Å². The van der Waals surface area contributed by atoms with Crippen LogP contribution >= 0.6 is 0 Å². The second kappa shape index (κ2) is 5.17. The van der Waals surface area contributed by atoms with Crippen molar-refractivity contribution in [1.82, 2.24) is 4.90 Å². The number of anilines is 1. The number of nitrogens with one attached hydrogen (secondary N) is 1. The Balaban J connectivity index is 2.02. The maximum atomic E-state index is 13.1. The Labute approximate surface area is 146 Å². The number of nitriles is 2. The predicted octanol–water partition coefficient (Wildman–Crippen LogP) is 2.60. The van der Waals surface area contributed by atoms with Crippen molar-refractivity contribution in [2.24, 2.45) is 5.41 Å². The van der Waals surface area contributed by atoms with Crippen LogP contribution in [0.3, 0.4) is 0 Å². The van der Waals surface area contributed by atoms with Crippen LogP contribution in [-0.2, 0) is 10.2 Å². The van der Waals surface area contributed by atoms with Crippen molar-refractivity contribution >= 4 is 11.6 Å². The molecule has 2 aliphatic rings. The molecule has 0 saturated carbocycles. The number of rotatable bonds is 1. The number of carbonyl (C=O) groups excluding carboxylic acids is 1. The number of amides is 1. The van der Waals surface area contributed by atoms with Gasteiger partial charge in [0.25, 0.3) is 0 Å². The summed E-state index contributed by atoms with van der Waals surface area (Å²) in [5.41, 5.74) is -0.442. The molecular formula is C20H16N4O. The van der Waals surface area contributed by atoms with Crippen molar-refractivity contribution in [2.75, 3.05) is 18.9 Å². The Bertz CT molecular complexity index is 926. The average Bonchev–Trinajstić information content (AvgIpc) is 3.08. The van der Waals surface area contributed by atoms with Crippen LogP contribution < -0.4 is 5.32 Å². The summed E-state index contributed by atoms with van der Waals surface area (Å²) in [6.45, 7) is 0.316. The van der Waals surface area contributed by atoms with E-state index in [1.54, 1.807) is 0 Å². The van der Waals surface area contributed by atoms with Gasteiger partial charge in [0.1, 0.15) is 5.41 Å². The Morgan fingerprint density at radius 2 is 1.72 bits per heavy atom. The smallest absolute Gasteiger partial charge is 0.239 e. The first-order chi connectivity index (χ1) is 12.1. The second-order valence-corrected chi connectivity index (χ2v) is 6.66. The molecule has 0 aliphatic carbocycles. The molecule has 2 atom stereocenters. The molecule has 0 bridgehead atoms. The highest BCUT2D eigenvalue weighted by Gasteiger charge is 2.71. The number of carbonyl (C=O) groups is 1. The third-order valence-corrected chi connectivity index (χ3v) is 5.50. The number of nitrogens with zero attached hydrogens (tertiary/aromatic N) is 3. The molecule has 1 fully saturated rings. The quantitative estimate of drug-likeness (QED) is 0.872. The van der Waals surface area contributed by atoms with Gasteiger partial charge in [-0.15, -0.1) is 0 Å². The minimum Gasteiger partial charge on any atom is -0.325 e. The van der Waals surface area contributed by atoms with E-state index in [2.05, 4.69) is 17.5 Å². The highest BCUT2D eigenvalue weighted by molar-refractivity contribution is 6.08. The molecule has 2 heterocycles. The van der Waals surface area contributed by atoms with E-state index >= 15 is 0 Å². The summed E-state index contributed by atoms with van der Waals surface area (Å²) < 4.78 is 0. The van der Waals surface area contributed by atoms with Crippen molar-refractivity contribution in [3.8, 4) is 12.1 Å². The average molecular weight is 328 g/mol. The first-order valence-electron chi connectivity index (χ1n) is 8.09. The van der Waals surface area contributed by atoms with Crippen LogP contribution in [-0.4, -0.2) is 24.4 Å². The molecule has 1 saturated heterocycles. The molecular weight excluding hydrogens is 312 g/mol. The van der Waals surface area contributed by atoms with Crippen molar-refractivity contribution in [1.29, 1.82) is 10.5 Å². The summed E-state index contributed by atoms with van der Waals surface area (Å²) in [6, 6.07) is 20.8. The zero-order chi connectivity index (χ0) is 17.7. The largest absolute Gasteiger partial charge is 0.325 e. The van der Waals surface area contributed by atoms with Crippen molar-refractivity contribution in [3.63, 3.8) is 0 Å². The van der Waals surface area contributed by atoms with Gasteiger partial charge in [0.2, 0.25) is 5.91 Å². The summed E-state index contributed by atoms with van der Waals surface area (Å²) >= 11 is 0. The number of fused-ring (bicyclic) bond motifs is 2. The van der Waals surface area contributed by atoms with E-state index in [9.17, 15) is 15.3 Å². The van der Waals surface area contributed by atoms with Gasteiger partial charge in [0.05, 0.1) is 18.2 Å². The molecule has 2 aromatic rings. The lowest BCUT2D eigenvalue weighted by Gasteiger charge is -2.33. The lowest BCUT2D eigenvalue weighted by molar-refractivity contribution is -0.122. The molecule has 122 valence electrons. The summed E-state index contributed by atoms with van der Waals surface area (Å²) in [4.78, 5) is 15.0. The molecule has 1 amide bonds. The summed E-state index contributed by atoms with van der Waals surface area (Å²) in [6.07, 6.45) is 0. The van der Waals surface area contributed by atoms with E-state index in [4.69, 9.17) is 0 Å². The zero-order valence-electron chi connectivity index (χ0n) is 13.7. The maximum absolute atomic E-state index is 13.1. The van der Waals surface area contributed by atoms with Gasteiger partial charge in [-0.2, -0.15) is 10.5 Å². The van der Waals surface area contributed by atoms with E-state index in [1.165, 1.54) is 0 Å². The number of likely N-dealkylation sites (tertiary alicyclic amines) is 1. The second-order valence-electron chi connectivity index (χ2n) is 6.66. The first kappa shape index (κ1) is 15.4. The third kappa shape index (κ3) is 1.71. The standard InChI is InChI=1S/C20H16N4O/c1-24-13-20(15-9-5-6-10-16(15)23-18(20)25)19(11-21,12-22)17(24)14-7-3-2-4-8-14/h2-10,17H,13H2,1H3,(H,23,25)/t17-,20-/m1/s1. The van der Waals surface area contributed by atoms with Gasteiger partial charge in [0.15, 0.2) is 5.41 Å². The van der Waals surface area contributed by atoms with Crippen molar-refractivity contribution in [2.45, 2.75) is 11.5 Å². The van der Waals surface area contributed by atoms with Crippen LogP contribution in [0.2, 0.25) is 0 Å². The Hall–Kier alpha value is -3.15. The maximum Gasteiger partial charge on any atom is 0.239 e. The van der Waals surface area contributed by atoms with Gasteiger partial charge >= 0.3 is 0 Å². The van der Waals surface area contributed by atoms with Crippen molar-refractivity contribution in [3.05, 3.63) is 65.7 Å². The predicted molar refractivity (Wildman–Crippen MR) is 92.2 cm³/mol. The number of hydrogen-bond acceptors (Lipinski definition) is 4. The highest BCUT2D eigenvalue weighted by atomic mass is 16.2. The molecule has 0 radical (unpaired) electrons. The summed E-state index contributed by atoms with van der Waals surface area (Å²) in [7, 11) is 1.87. The SMILES string of the molecule is CN1C[C@@]2(C(=O)Nc3ccccc32)C(C#N)(C#N)[C@H]1c1ccccc1. The van der Waals surface area contributed by atoms with E-state index in [0.29, 0.717) is 12.2 Å². The molecule has 1 N–H and O–H groups in total. The Kier molecular flexibility index (Phi) is 3.18. The van der Waals surface area contributed by atoms with Gasteiger partial charge in [-0.3, -0.25) is 9.69 Å². The topological polar surface area (TPSA) is 79.9 Å². The molecule has 0 aromatic heterocycles. The molecule has 4 rings (SSSR count). The number of likely N-dealkylation sites (N-methyl/N-ethyl adjacent to an activating group) is 1. The summed E-state index contributed by atoms with van der Waals surface area (Å²) in [5.74, 6) is -0.276. The lowest BCUT2D eigenvalue weighted by Crippen LogP contribution is -2.49. The van der Waals surface area contributed by atoms with E-state index in [-0.39, 0.29) is 5.91 Å². The van der Waals surface area contributed by atoms with E-state index in [0.717, 1.165) is 11.1 Å². The van der Waals surface area contributed by atoms with Crippen LogP contribution in [0.1, 0.15) is 17.2 Å². The Morgan fingerprint density at radius 1 is 1.08 bits per heavy atom. The number of hydrogen-bond donors (Lipinski definition) is 1. The normalized spacial score (nSPS) is 26.7. The molecule has 25 heavy (non-hydrogen) atoms. The van der Waals surface area contributed by atoms with E-state index in [1.807, 2.05) is 66.5 Å². The molecule has 0 unspecified atom stereocenters. The fraction of sp³-hybridized carbons (Fsp3) is 0.250. The minimum atomic E-state index is -1.51. The molecule has 5 heteroatoms. The summed E-state index contributed by atoms with van der Waals surface area (Å²) in [5, 5.41) is 23.2. The van der Waals surface area contributed by atoms with Crippen LogP contribution in [0.4, 0.5) is 5.69 Å². The lowest BCUT2D eigenvalue weighted by atomic mass is 9.60. The van der Waals surface area contributed by atoms with Crippen LogP contribution in [0, 0.1) is 28.1 Å². The van der Waals surface area contributed by atoms with Crippen LogP contribution in [0.15, 0.2) is 54.6 Å².